The molecule has 8 heteroatoms. The third-order valence-electron chi connectivity index (χ3n) is 2.48. The molecule has 0 aliphatic carbocycles. The highest BCUT2D eigenvalue weighted by Crippen LogP contribution is 2.29. The van der Waals surface area contributed by atoms with Crippen molar-refractivity contribution in [2.45, 2.75) is 0 Å². The molecule has 0 fully saturated rings. The van der Waals surface area contributed by atoms with Crippen molar-refractivity contribution in [2.75, 3.05) is 0 Å². The third kappa shape index (κ3) is 3.16. The summed E-state index contributed by atoms with van der Waals surface area (Å²) in [5.41, 5.74) is 4.37. The van der Waals surface area contributed by atoms with Crippen LogP contribution in [0.15, 0.2) is 34.9 Å². The van der Waals surface area contributed by atoms with Crippen molar-refractivity contribution in [1.82, 2.24) is 4.98 Å². The molecule has 1 amide bonds. The number of carbonyl (C=O) groups is 2. The van der Waals surface area contributed by atoms with Crippen molar-refractivity contribution < 1.29 is 23.8 Å². The van der Waals surface area contributed by atoms with Gasteiger partial charge in [0.25, 0.3) is 5.91 Å². The topological polar surface area (TPSA) is 103 Å². The maximum Gasteiger partial charge on any atom is 0.341 e. The Morgan fingerprint density at radius 2 is 2.10 bits per heavy atom. The molecular weight excluding hydrogens is 347 g/mol. The smallest absolute Gasteiger partial charge is 0.341 e. The van der Waals surface area contributed by atoms with Gasteiger partial charge in [-0.05, 0) is 34.1 Å². The molecule has 2 rings (SSSR count). The van der Waals surface area contributed by atoms with E-state index in [1.165, 1.54) is 24.4 Å². The van der Waals surface area contributed by atoms with E-state index < -0.39 is 23.3 Å². The molecule has 1 aromatic heterocycles. The zero-order valence-electron chi connectivity index (χ0n) is 10.3. The fraction of sp³-hybridized carbons (Fsp3) is 0. The highest BCUT2D eigenvalue weighted by atomic mass is 79.9. The number of rotatable bonds is 4. The minimum atomic E-state index is -1.28. The van der Waals surface area contributed by atoms with Crippen molar-refractivity contribution in [3.8, 4) is 11.6 Å². The van der Waals surface area contributed by atoms with Gasteiger partial charge < -0.3 is 15.6 Å². The average molecular weight is 355 g/mol. The fourth-order valence-electron chi connectivity index (χ4n) is 1.59. The quantitative estimate of drug-likeness (QED) is 0.878. The monoisotopic (exact) mass is 354 g/mol. The molecule has 0 radical (unpaired) electrons. The van der Waals surface area contributed by atoms with Gasteiger partial charge in [0.1, 0.15) is 22.7 Å². The summed E-state index contributed by atoms with van der Waals surface area (Å²) in [6.07, 6.45) is 1.31. The molecule has 0 unspecified atom stereocenters. The van der Waals surface area contributed by atoms with Gasteiger partial charge in [-0.3, -0.25) is 4.79 Å². The number of primary amides is 1. The highest BCUT2D eigenvalue weighted by Gasteiger charge is 2.19. The number of pyridine rings is 1. The third-order valence-corrected chi connectivity index (χ3v) is 2.91. The molecule has 0 aliphatic heterocycles. The van der Waals surface area contributed by atoms with Crippen LogP contribution in [0.2, 0.25) is 0 Å². The van der Waals surface area contributed by atoms with E-state index in [1.807, 2.05) is 0 Å². The first-order valence-corrected chi connectivity index (χ1v) is 6.34. The summed E-state index contributed by atoms with van der Waals surface area (Å²) in [7, 11) is 0. The number of nitrogens with zero attached hydrogens (tertiary/aromatic N) is 1. The Bertz CT molecular complexity index is 736. The van der Waals surface area contributed by atoms with E-state index in [9.17, 15) is 14.0 Å². The summed E-state index contributed by atoms with van der Waals surface area (Å²) in [6.45, 7) is 0. The summed E-state index contributed by atoms with van der Waals surface area (Å²) < 4.78 is 19.3. The number of nitrogens with two attached hydrogens (primary N) is 1. The number of hydrogen-bond acceptors (Lipinski definition) is 4. The van der Waals surface area contributed by atoms with Crippen LogP contribution in [0.25, 0.3) is 0 Å². The molecule has 0 saturated carbocycles. The molecule has 0 saturated heterocycles. The minimum Gasteiger partial charge on any atom is -0.477 e. The van der Waals surface area contributed by atoms with Crippen LogP contribution in [0.4, 0.5) is 4.39 Å². The van der Waals surface area contributed by atoms with Gasteiger partial charge in [0.2, 0.25) is 5.88 Å². The number of ether oxygens (including phenoxy) is 1. The predicted octanol–water partition coefficient (Wildman–Crippen LogP) is 2.57. The molecule has 0 atom stereocenters. The summed E-state index contributed by atoms with van der Waals surface area (Å²) in [6, 6.07) is 4.91. The number of aromatic carboxylic acids is 1. The number of aromatic nitrogens is 1. The fourth-order valence-corrected chi connectivity index (χ4v) is 1.93. The van der Waals surface area contributed by atoms with Crippen LogP contribution in [0.3, 0.4) is 0 Å². The summed E-state index contributed by atoms with van der Waals surface area (Å²) >= 11 is 3.08. The van der Waals surface area contributed by atoms with Gasteiger partial charge in [-0.2, -0.15) is 0 Å². The van der Waals surface area contributed by atoms with Crippen molar-refractivity contribution in [2.24, 2.45) is 5.73 Å². The van der Waals surface area contributed by atoms with Gasteiger partial charge in [0.15, 0.2) is 0 Å². The lowest BCUT2D eigenvalue weighted by Crippen LogP contribution is -2.15. The summed E-state index contributed by atoms with van der Waals surface area (Å²) in [5.74, 6) is -3.67. The van der Waals surface area contributed by atoms with Crippen molar-refractivity contribution in [1.29, 1.82) is 0 Å². The Labute approximate surface area is 126 Å². The Kier molecular flexibility index (Phi) is 4.18. The van der Waals surface area contributed by atoms with Gasteiger partial charge in [0, 0.05) is 10.7 Å². The first-order chi connectivity index (χ1) is 9.90. The Hall–Kier alpha value is -2.48. The van der Waals surface area contributed by atoms with Crippen LogP contribution in [0.1, 0.15) is 20.7 Å². The first-order valence-electron chi connectivity index (χ1n) is 5.55. The second-order valence-corrected chi connectivity index (χ2v) is 4.81. The van der Waals surface area contributed by atoms with Gasteiger partial charge in [-0.15, -0.1) is 0 Å². The number of halogens is 2. The molecule has 3 N–H and O–H groups in total. The molecule has 0 bridgehead atoms. The van der Waals surface area contributed by atoms with Crippen LogP contribution >= 0.6 is 15.9 Å². The van der Waals surface area contributed by atoms with Gasteiger partial charge in [-0.25, -0.2) is 14.2 Å². The highest BCUT2D eigenvalue weighted by molar-refractivity contribution is 9.10. The minimum absolute atomic E-state index is 0.208. The van der Waals surface area contributed by atoms with E-state index in [0.717, 1.165) is 6.07 Å². The van der Waals surface area contributed by atoms with Crippen molar-refractivity contribution >= 4 is 27.8 Å². The van der Waals surface area contributed by atoms with E-state index in [1.54, 1.807) is 0 Å². The van der Waals surface area contributed by atoms with Crippen LogP contribution < -0.4 is 10.5 Å². The van der Waals surface area contributed by atoms with Gasteiger partial charge >= 0.3 is 5.97 Å². The number of hydrogen-bond donors (Lipinski definition) is 2. The lowest BCUT2D eigenvalue weighted by Gasteiger charge is -2.11. The lowest BCUT2D eigenvalue weighted by molar-refractivity contribution is 0.0693. The predicted molar refractivity (Wildman–Crippen MR) is 73.9 cm³/mol. The maximum atomic E-state index is 13.6. The van der Waals surface area contributed by atoms with Crippen molar-refractivity contribution in [3.05, 3.63) is 51.9 Å². The zero-order chi connectivity index (χ0) is 15.6. The van der Waals surface area contributed by atoms with Gasteiger partial charge in [0.05, 0.1) is 0 Å². The molecule has 0 aliphatic rings. The van der Waals surface area contributed by atoms with E-state index >= 15 is 0 Å². The van der Waals surface area contributed by atoms with E-state index in [4.69, 9.17) is 15.6 Å². The normalized spacial score (nSPS) is 10.2. The van der Waals surface area contributed by atoms with Gasteiger partial charge in [-0.1, -0.05) is 6.07 Å². The van der Waals surface area contributed by atoms with Crippen LogP contribution in [-0.2, 0) is 0 Å². The summed E-state index contributed by atoms with van der Waals surface area (Å²) in [5, 5.41) is 9.09. The lowest BCUT2D eigenvalue weighted by atomic mass is 10.2. The van der Waals surface area contributed by atoms with E-state index in [-0.39, 0.29) is 17.2 Å². The number of carbonyl (C=O) groups excluding carboxylic acids is 1. The first kappa shape index (κ1) is 14.9. The SMILES string of the molecule is NC(=O)c1c(F)cccc1Oc1ncc(Br)cc1C(=O)O. The average Bonchev–Trinajstić information content (AvgIpc) is 2.40. The Balaban J connectivity index is 2.51. The second kappa shape index (κ2) is 5.88. The summed E-state index contributed by atoms with van der Waals surface area (Å²) in [4.78, 5) is 26.2. The largest absolute Gasteiger partial charge is 0.477 e. The number of carboxylic acid groups (broad SMARTS) is 1. The molecule has 108 valence electrons. The molecule has 2 aromatic rings. The molecular formula is C13H8BrFN2O4. The standard InChI is InChI=1S/C13H8BrFN2O4/c14-6-4-7(13(19)20)12(17-5-6)21-9-3-1-2-8(15)10(9)11(16)18/h1-5H,(H2,16,18)(H,19,20). The Morgan fingerprint density at radius 3 is 2.71 bits per heavy atom. The molecule has 1 heterocycles. The van der Waals surface area contributed by atoms with E-state index in [2.05, 4.69) is 20.9 Å². The van der Waals surface area contributed by atoms with Crippen molar-refractivity contribution in [3.63, 3.8) is 0 Å². The Morgan fingerprint density at radius 1 is 1.38 bits per heavy atom. The number of carboxylic acids is 1. The number of amides is 1. The molecule has 6 nitrogen and oxygen atoms in total. The van der Waals surface area contributed by atoms with Crippen LogP contribution in [-0.4, -0.2) is 22.0 Å². The number of benzene rings is 1. The maximum absolute atomic E-state index is 13.6. The second-order valence-electron chi connectivity index (χ2n) is 3.89. The van der Waals surface area contributed by atoms with Crippen LogP contribution in [0.5, 0.6) is 11.6 Å². The zero-order valence-corrected chi connectivity index (χ0v) is 11.9. The molecule has 0 spiro atoms. The van der Waals surface area contributed by atoms with E-state index in [0.29, 0.717) is 4.47 Å². The van der Waals surface area contributed by atoms with Crippen LogP contribution in [0, 0.1) is 5.82 Å². The molecule has 1 aromatic carbocycles. The molecule has 21 heavy (non-hydrogen) atoms.